The zero-order valence-electron chi connectivity index (χ0n) is 20.4. The maximum atomic E-state index is 13.5. The van der Waals surface area contributed by atoms with Crippen molar-refractivity contribution in [1.29, 1.82) is 0 Å². The minimum Gasteiger partial charge on any atom is -0.318 e. The normalized spacial score (nSPS) is 10.8. The van der Waals surface area contributed by atoms with Crippen LogP contribution in [0.4, 0.5) is 20.2 Å². The Hall–Kier alpha value is -4.31. The van der Waals surface area contributed by atoms with Gasteiger partial charge in [-0.3, -0.25) is 19.6 Å². The summed E-state index contributed by atoms with van der Waals surface area (Å²) in [5.41, 5.74) is 0.931. The van der Waals surface area contributed by atoms with Gasteiger partial charge in [-0.1, -0.05) is 34.8 Å². The van der Waals surface area contributed by atoms with E-state index in [9.17, 15) is 18.4 Å². The van der Waals surface area contributed by atoms with E-state index in [1.54, 1.807) is 6.07 Å². The molecule has 0 bridgehead atoms. The quantitative estimate of drug-likeness (QED) is 0.237. The topological polar surface area (TPSA) is 144 Å². The van der Waals surface area contributed by atoms with Crippen LogP contribution < -0.4 is 10.6 Å². The number of nitrogens with zero attached hydrogens (tertiary/aromatic N) is 8. The van der Waals surface area contributed by atoms with Gasteiger partial charge in [0, 0.05) is 12.4 Å². The molecule has 0 unspecified atom stereocenters. The van der Waals surface area contributed by atoms with Gasteiger partial charge in [0.25, 0.3) is 11.8 Å². The van der Waals surface area contributed by atoms with Gasteiger partial charge in [-0.2, -0.15) is 10.2 Å². The zero-order chi connectivity index (χ0) is 30.0. The van der Waals surface area contributed by atoms with Gasteiger partial charge in [0.15, 0.2) is 44.6 Å². The molecule has 0 aliphatic carbocycles. The molecule has 6 aromatic heterocycles. The molecule has 0 radical (unpaired) electrons. The van der Waals surface area contributed by atoms with Crippen LogP contribution in [0.15, 0.2) is 65.9 Å². The van der Waals surface area contributed by atoms with E-state index in [1.165, 1.54) is 52.0 Å². The molecular formula is C24H12BrCl3F2N10O2. The molecule has 0 spiro atoms. The van der Waals surface area contributed by atoms with Crippen molar-refractivity contribution < 1.29 is 18.4 Å². The van der Waals surface area contributed by atoms with E-state index in [0.717, 1.165) is 12.4 Å². The van der Waals surface area contributed by atoms with Crippen LogP contribution in [0.25, 0.3) is 11.3 Å². The third-order valence-electron chi connectivity index (χ3n) is 5.29. The van der Waals surface area contributed by atoms with E-state index in [-0.39, 0.29) is 43.7 Å². The third kappa shape index (κ3) is 6.13. The minimum atomic E-state index is -0.649. The van der Waals surface area contributed by atoms with E-state index in [4.69, 9.17) is 34.8 Å². The average Bonchev–Trinajstić information content (AvgIpc) is 3.57. The SMILES string of the molecule is O=C(Nc1ccncc1F)c1cnc2c(Br)cc(Cl)nn12.O=C(Nc1ccncc1F)c1cnc2c(Cl)cc(Cl)nn12. The molecule has 0 aliphatic rings. The Morgan fingerprint density at radius 2 is 1.21 bits per heavy atom. The van der Waals surface area contributed by atoms with Gasteiger partial charge in [-0.05, 0) is 40.2 Å². The lowest BCUT2D eigenvalue weighted by Gasteiger charge is -2.05. The number of rotatable bonds is 4. The summed E-state index contributed by atoms with van der Waals surface area (Å²) in [5.74, 6) is -2.44. The van der Waals surface area contributed by atoms with Crippen molar-refractivity contribution in [3.63, 3.8) is 0 Å². The molecule has 0 saturated heterocycles. The summed E-state index contributed by atoms with van der Waals surface area (Å²) >= 11 is 20.9. The number of hydrogen-bond acceptors (Lipinski definition) is 8. The zero-order valence-corrected chi connectivity index (χ0v) is 24.3. The number of nitrogens with one attached hydrogen (secondary N) is 2. The Bertz CT molecular complexity index is 1850. The highest BCUT2D eigenvalue weighted by atomic mass is 79.9. The van der Waals surface area contributed by atoms with E-state index in [0.29, 0.717) is 10.1 Å². The molecule has 2 amide bonds. The minimum absolute atomic E-state index is 0.00178. The van der Waals surface area contributed by atoms with Crippen LogP contribution in [0.1, 0.15) is 21.0 Å². The Morgan fingerprint density at radius 3 is 1.74 bits per heavy atom. The largest absolute Gasteiger partial charge is 0.318 e. The Morgan fingerprint density at radius 1 is 0.738 bits per heavy atom. The lowest BCUT2D eigenvalue weighted by molar-refractivity contribution is 0.101. The first-order valence-electron chi connectivity index (χ1n) is 11.3. The van der Waals surface area contributed by atoms with Crippen LogP contribution >= 0.6 is 50.7 Å². The van der Waals surface area contributed by atoms with Gasteiger partial charge in [0.2, 0.25) is 0 Å². The number of imidazole rings is 2. The highest BCUT2D eigenvalue weighted by Gasteiger charge is 2.18. The predicted molar refractivity (Wildman–Crippen MR) is 153 cm³/mol. The van der Waals surface area contributed by atoms with Crippen LogP contribution in [0.5, 0.6) is 0 Å². The fourth-order valence-electron chi connectivity index (χ4n) is 3.44. The van der Waals surface area contributed by atoms with Crippen molar-refractivity contribution in [2.75, 3.05) is 10.6 Å². The average molecular weight is 697 g/mol. The Kier molecular flexibility index (Phi) is 8.54. The second-order valence-electron chi connectivity index (χ2n) is 8.01. The molecule has 2 N–H and O–H groups in total. The van der Waals surface area contributed by atoms with Crippen molar-refractivity contribution in [2.45, 2.75) is 0 Å². The Balaban J connectivity index is 0.000000168. The van der Waals surface area contributed by atoms with Crippen LogP contribution in [-0.4, -0.2) is 51.0 Å². The number of amides is 2. The smallest absolute Gasteiger partial charge is 0.276 e. The van der Waals surface area contributed by atoms with Crippen molar-refractivity contribution in [2.24, 2.45) is 0 Å². The summed E-state index contributed by atoms with van der Waals surface area (Å²) in [4.78, 5) is 39.7. The molecule has 6 rings (SSSR count). The molecule has 6 heterocycles. The fraction of sp³-hybridized carbons (Fsp3) is 0. The molecule has 0 atom stereocenters. The lowest BCUT2D eigenvalue weighted by Crippen LogP contribution is -2.16. The van der Waals surface area contributed by atoms with E-state index < -0.39 is 23.4 Å². The predicted octanol–water partition coefficient (Wildman–Crippen LogP) is 5.75. The van der Waals surface area contributed by atoms with Crippen molar-refractivity contribution in [3.05, 3.63) is 104 Å². The standard InChI is InChI=1S/C12H6BrClFN5O.C12H6Cl2FN5O/c2*13-6-3-10(14)19-20-9(5-17-11(6)20)12(21)18-8-1-2-16-4-7(8)15/h2*1-5H,(H,16,18,21). The van der Waals surface area contributed by atoms with Crippen LogP contribution in [0.3, 0.4) is 0 Å². The molecule has 0 fully saturated rings. The number of pyridine rings is 2. The van der Waals surface area contributed by atoms with Crippen molar-refractivity contribution in [3.8, 4) is 0 Å². The van der Waals surface area contributed by atoms with Gasteiger partial charge in [0.1, 0.15) is 0 Å². The third-order valence-corrected chi connectivity index (χ3v) is 6.52. The second-order valence-corrected chi connectivity index (χ2v) is 10.0. The molecule has 6 aromatic rings. The number of carbonyl (C=O) groups excluding carboxylic acids is 2. The molecule has 0 aliphatic heterocycles. The van der Waals surface area contributed by atoms with E-state index >= 15 is 0 Å². The fourth-order valence-corrected chi connectivity index (χ4v) is 4.72. The summed E-state index contributed by atoms with van der Waals surface area (Å²) in [6.07, 6.45) is 7.35. The number of carbonyl (C=O) groups is 2. The summed E-state index contributed by atoms with van der Waals surface area (Å²) in [5, 5.41) is 13.3. The van der Waals surface area contributed by atoms with Gasteiger partial charge >= 0.3 is 0 Å². The maximum absolute atomic E-state index is 13.5. The van der Waals surface area contributed by atoms with Crippen LogP contribution in [0, 0.1) is 11.6 Å². The molecular weight excluding hydrogens is 685 g/mol. The van der Waals surface area contributed by atoms with Gasteiger partial charge in [0.05, 0.1) is 45.7 Å². The molecule has 12 nitrogen and oxygen atoms in total. The lowest BCUT2D eigenvalue weighted by atomic mass is 10.3. The number of hydrogen-bond donors (Lipinski definition) is 2. The highest BCUT2D eigenvalue weighted by Crippen LogP contribution is 2.22. The number of anilines is 2. The molecule has 0 aromatic carbocycles. The van der Waals surface area contributed by atoms with Crippen molar-refractivity contribution in [1.82, 2.24) is 39.2 Å². The van der Waals surface area contributed by atoms with Gasteiger partial charge < -0.3 is 10.6 Å². The number of halogens is 6. The second kappa shape index (κ2) is 12.3. The molecule has 212 valence electrons. The van der Waals surface area contributed by atoms with Crippen LogP contribution in [-0.2, 0) is 0 Å². The number of aromatic nitrogens is 8. The highest BCUT2D eigenvalue weighted by molar-refractivity contribution is 9.10. The first-order chi connectivity index (χ1) is 20.1. The Labute approximate surface area is 256 Å². The first-order valence-corrected chi connectivity index (χ1v) is 13.3. The summed E-state index contributed by atoms with van der Waals surface area (Å²) < 4.78 is 30.0. The molecule has 18 heteroatoms. The first kappa shape index (κ1) is 29.2. The summed E-state index contributed by atoms with van der Waals surface area (Å²) in [6, 6.07) is 5.67. The van der Waals surface area contributed by atoms with E-state index in [1.807, 2.05) is 0 Å². The molecule has 0 saturated carbocycles. The van der Waals surface area contributed by atoms with Gasteiger partial charge in [-0.15, -0.1) is 0 Å². The van der Waals surface area contributed by atoms with Crippen molar-refractivity contribution >= 4 is 85.2 Å². The summed E-state index contributed by atoms with van der Waals surface area (Å²) in [7, 11) is 0. The maximum Gasteiger partial charge on any atom is 0.276 e. The number of fused-ring (bicyclic) bond motifs is 2. The molecule has 42 heavy (non-hydrogen) atoms. The monoisotopic (exact) mass is 694 g/mol. The summed E-state index contributed by atoms with van der Waals surface area (Å²) in [6.45, 7) is 0. The van der Waals surface area contributed by atoms with Gasteiger partial charge in [-0.25, -0.2) is 27.8 Å². The van der Waals surface area contributed by atoms with E-state index in [2.05, 4.69) is 56.7 Å². The van der Waals surface area contributed by atoms with Crippen LogP contribution in [0.2, 0.25) is 15.3 Å².